The maximum Gasteiger partial charge on any atom is 0.222 e. The number of guanidine groups is 1. The SMILES string of the molecule is Cc1cc(Cl)cc(-c2ccc3c(c2)C2(CC4(CCC(C)OC4)O3)N=C(N)N(C)O2)c1. The van der Waals surface area contributed by atoms with E-state index in [0.29, 0.717) is 24.0 Å². The van der Waals surface area contributed by atoms with Crippen LogP contribution in [0.4, 0.5) is 0 Å². The van der Waals surface area contributed by atoms with Gasteiger partial charge >= 0.3 is 0 Å². The second kappa shape index (κ2) is 6.87. The van der Waals surface area contributed by atoms with Gasteiger partial charge in [-0.25, -0.2) is 14.9 Å². The van der Waals surface area contributed by atoms with E-state index in [1.54, 1.807) is 7.05 Å². The minimum absolute atomic E-state index is 0.228. The van der Waals surface area contributed by atoms with E-state index < -0.39 is 11.3 Å². The molecule has 0 radical (unpaired) electrons. The van der Waals surface area contributed by atoms with Gasteiger partial charge in [-0.2, -0.15) is 0 Å². The van der Waals surface area contributed by atoms with E-state index in [4.69, 9.17) is 36.6 Å². The van der Waals surface area contributed by atoms with Crippen molar-refractivity contribution in [3.8, 4) is 16.9 Å². The third-order valence-electron chi connectivity index (χ3n) is 6.21. The van der Waals surface area contributed by atoms with Gasteiger partial charge in [0.05, 0.1) is 18.3 Å². The molecule has 158 valence electrons. The number of hydrogen-bond acceptors (Lipinski definition) is 6. The quantitative estimate of drug-likeness (QED) is 0.731. The Morgan fingerprint density at radius 3 is 2.70 bits per heavy atom. The number of rotatable bonds is 1. The first-order chi connectivity index (χ1) is 14.3. The van der Waals surface area contributed by atoms with Crippen molar-refractivity contribution in [2.75, 3.05) is 13.7 Å². The zero-order valence-corrected chi connectivity index (χ0v) is 18.2. The van der Waals surface area contributed by atoms with Crippen molar-refractivity contribution in [2.24, 2.45) is 10.7 Å². The van der Waals surface area contributed by atoms with Gasteiger partial charge in [0.25, 0.3) is 0 Å². The molecular formula is C23H26ClN3O3. The minimum atomic E-state index is -0.931. The number of halogens is 1. The topological polar surface area (TPSA) is 69.3 Å². The average molecular weight is 428 g/mol. The number of hydroxylamine groups is 2. The van der Waals surface area contributed by atoms with Crippen molar-refractivity contribution < 1.29 is 14.3 Å². The Balaban J connectivity index is 1.62. The fourth-order valence-corrected chi connectivity index (χ4v) is 4.96. The summed E-state index contributed by atoms with van der Waals surface area (Å²) in [4.78, 5) is 11.0. The molecule has 0 saturated carbocycles. The third kappa shape index (κ3) is 3.23. The van der Waals surface area contributed by atoms with Crippen LogP contribution >= 0.6 is 11.6 Å². The number of aryl methyl sites for hydroxylation is 1. The lowest BCUT2D eigenvalue weighted by Crippen LogP contribution is -2.54. The van der Waals surface area contributed by atoms with Gasteiger partial charge < -0.3 is 15.2 Å². The first-order valence-electron chi connectivity index (χ1n) is 10.3. The van der Waals surface area contributed by atoms with E-state index in [0.717, 1.165) is 40.8 Å². The second-order valence-corrected chi connectivity index (χ2v) is 9.13. The molecule has 7 heteroatoms. The molecule has 3 unspecified atom stereocenters. The predicted octanol–water partition coefficient (Wildman–Crippen LogP) is 4.38. The maximum atomic E-state index is 6.54. The lowest BCUT2D eigenvalue weighted by atomic mass is 9.80. The molecular weight excluding hydrogens is 402 g/mol. The van der Waals surface area contributed by atoms with E-state index in [9.17, 15) is 0 Å². The van der Waals surface area contributed by atoms with E-state index in [1.807, 2.05) is 25.1 Å². The molecule has 3 atom stereocenters. The summed E-state index contributed by atoms with van der Waals surface area (Å²) in [7, 11) is 1.78. The van der Waals surface area contributed by atoms with Crippen LogP contribution in [0.2, 0.25) is 5.02 Å². The van der Waals surface area contributed by atoms with Gasteiger partial charge in [0.15, 0.2) is 0 Å². The predicted molar refractivity (Wildman–Crippen MR) is 116 cm³/mol. The first kappa shape index (κ1) is 19.7. The zero-order valence-electron chi connectivity index (χ0n) is 17.4. The normalized spacial score (nSPS) is 30.3. The van der Waals surface area contributed by atoms with Crippen molar-refractivity contribution in [3.63, 3.8) is 0 Å². The van der Waals surface area contributed by atoms with Gasteiger partial charge in [-0.3, -0.25) is 0 Å². The number of aliphatic imine (C=N–C) groups is 1. The summed E-state index contributed by atoms with van der Waals surface area (Å²) in [6, 6.07) is 12.1. The lowest BCUT2D eigenvalue weighted by Gasteiger charge is -2.47. The Morgan fingerprint density at radius 2 is 2.03 bits per heavy atom. The third-order valence-corrected chi connectivity index (χ3v) is 6.43. The highest BCUT2D eigenvalue weighted by molar-refractivity contribution is 6.31. The number of ether oxygens (including phenoxy) is 2. The van der Waals surface area contributed by atoms with Crippen LogP contribution in [-0.4, -0.2) is 36.4 Å². The number of nitrogens with two attached hydrogens (primary N) is 1. The van der Waals surface area contributed by atoms with Crippen LogP contribution in [-0.2, 0) is 15.3 Å². The molecule has 3 aliphatic heterocycles. The van der Waals surface area contributed by atoms with E-state index in [-0.39, 0.29) is 6.10 Å². The molecule has 0 amide bonds. The van der Waals surface area contributed by atoms with Gasteiger partial charge in [0, 0.05) is 18.5 Å². The van der Waals surface area contributed by atoms with Crippen LogP contribution in [0, 0.1) is 6.92 Å². The molecule has 0 aromatic heterocycles. The summed E-state index contributed by atoms with van der Waals surface area (Å²) in [6.07, 6.45) is 2.58. The van der Waals surface area contributed by atoms with Crippen LogP contribution in [0.15, 0.2) is 41.4 Å². The van der Waals surface area contributed by atoms with Crippen LogP contribution in [0.5, 0.6) is 5.75 Å². The highest BCUT2D eigenvalue weighted by Crippen LogP contribution is 2.52. The Labute approximate surface area is 181 Å². The Bertz CT molecular complexity index is 1010. The Hall–Kier alpha value is -2.28. The number of fused-ring (bicyclic) bond motifs is 2. The van der Waals surface area contributed by atoms with E-state index >= 15 is 0 Å². The molecule has 3 aliphatic rings. The molecule has 30 heavy (non-hydrogen) atoms. The zero-order chi connectivity index (χ0) is 21.1. The van der Waals surface area contributed by atoms with E-state index in [2.05, 4.69) is 25.1 Å². The molecule has 1 fully saturated rings. The molecule has 0 bridgehead atoms. The minimum Gasteiger partial charge on any atom is -0.484 e. The first-order valence-corrected chi connectivity index (χ1v) is 10.7. The van der Waals surface area contributed by atoms with E-state index in [1.165, 1.54) is 5.06 Å². The summed E-state index contributed by atoms with van der Waals surface area (Å²) in [5, 5.41) is 2.24. The standard InChI is InChI=1S/C23H26ClN3O3/c1-14-8-17(10-18(24)9-14)16-4-5-20-19(11-16)23(26-21(25)27(3)30-23)12-22(29-20)7-6-15(2)28-13-22/h4-5,8-11,15H,6-7,12-13H2,1-3H3,(H2,25,26). The summed E-state index contributed by atoms with van der Waals surface area (Å²) in [5.74, 6) is 1.11. The molecule has 2 spiro atoms. The molecule has 5 rings (SSSR count). The van der Waals surface area contributed by atoms with Gasteiger partial charge in [0.2, 0.25) is 11.7 Å². The van der Waals surface area contributed by atoms with Crippen LogP contribution in [0.25, 0.3) is 11.1 Å². The second-order valence-electron chi connectivity index (χ2n) is 8.69. The molecule has 0 aliphatic carbocycles. The van der Waals surface area contributed by atoms with Crippen molar-refractivity contribution in [1.82, 2.24) is 5.06 Å². The molecule has 2 N–H and O–H groups in total. The van der Waals surface area contributed by atoms with Gasteiger partial charge in [-0.05, 0) is 67.6 Å². The molecule has 2 aromatic rings. The average Bonchev–Trinajstić information content (AvgIpc) is 2.97. The number of nitrogens with zero attached hydrogens (tertiary/aromatic N) is 2. The number of hydrogen-bond donors (Lipinski definition) is 1. The Kier molecular flexibility index (Phi) is 4.51. The monoisotopic (exact) mass is 427 g/mol. The lowest BCUT2D eigenvalue weighted by molar-refractivity contribution is -0.220. The number of benzene rings is 2. The molecule has 6 nitrogen and oxygen atoms in total. The highest BCUT2D eigenvalue weighted by atomic mass is 35.5. The highest BCUT2D eigenvalue weighted by Gasteiger charge is 2.55. The van der Waals surface area contributed by atoms with Crippen LogP contribution in [0.1, 0.15) is 37.3 Å². The molecule has 1 saturated heterocycles. The fourth-order valence-electron chi connectivity index (χ4n) is 4.67. The Morgan fingerprint density at radius 1 is 1.20 bits per heavy atom. The summed E-state index contributed by atoms with van der Waals surface area (Å²) < 4.78 is 12.5. The summed E-state index contributed by atoms with van der Waals surface area (Å²) in [5.41, 5.74) is 8.76. The van der Waals surface area contributed by atoms with Crippen molar-refractivity contribution >= 4 is 17.6 Å². The largest absolute Gasteiger partial charge is 0.484 e. The summed E-state index contributed by atoms with van der Waals surface area (Å²) in [6.45, 7) is 4.63. The maximum absolute atomic E-state index is 6.54. The van der Waals surface area contributed by atoms with Gasteiger partial charge in [0.1, 0.15) is 11.4 Å². The smallest absolute Gasteiger partial charge is 0.222 e. The molecule has 2 aromatic carbocycles. The molecule has 3 heterocycles. The fraction of sp³-hybridized carbons (Fsp3) is 0.435. The van der Waals surface area contributed by atoms with Crippen LogP contribution < -0.4 is 10.5 Å². The summed E-state index contributed by atoms with van der Waals surface area (Å²) >= 11 is 6.30. The van der Waals surface area contributed by atoms with Gasteiger partial charge in [-0.1, -0.05) is 23.7 Å². The van der Waals surface area contributed by atoms with Gasteiger partial charge in [-0.15, -0.1) is 0 Å². The van der Waals surface area contributed by atoms with Crippen LogP contribution in [0.3, 0.4) is 0 Å². The van der Waals surface area contributed by atoms with Crippen molar-refractivity contribution in [2.45, 2.75) is 50.5 Å². The van der Waals surface area contributed by atoms with Crippen molar-refractivity contribution in [1.29, 1.82) is 0 Å². The van der Waals surface area contributed by atoms with Crippen molar-refractivity contribution in [3.05, 3.63) is 52.5 Å².